The number of rotatable bonds is 4. The fourth-order valence-corrected chi connectivity index (χ4v) is 2.14. The van der Waals surface area contributed by atoms with Gasteiger partial charge < -0.3 is 10.1 Å². The highest BCUT2D eigenvalue weighted by Crippen LogP contribution is 2.29. The van der Waals surface area contributed by atoms with Gasteiger partial charge in [0.2, 0.25) is 5.91 Å². The van der Waals surface area contributed by atoms with Gasteiger partial charge in [0.1, 0.15) is 12.7 Å². The number of nitrogens with one attached hydrogen (secondary N) is 1. The smallest absolute Gasteiger partial charge is 0.378 e. The van der Waals surface area contributed by atoms with Gasteiger partial charge in [0, 0.05) is 13.2 Å². The molecule has 0 saturated carbocycles. The molecule has 112 valence electrons. The molecule has 20 heavy (non-hydrogen) atoms. The van der Waals surface area contributed by atoms with Crippen LogP contribution in [0.15, 0.2) is 12.7 Å². The minimum atomic E-state index is -4.52. The molecule has 3 atom stereocenters. The predicted molar refractivity (Wildman–Crippen MR) is 61.6 cm³/mol. The maximum Gasteiger partial charge on any atom is 0.412 e. The van der Waals surface area contributed by atoms with Gasteiger partial charge in [-0.3, -0.25) is 4.79 Å². The number of carbonyl (C=O) groups is 1. The summed E-state index contributed by atoms with van der Waals surface area (Å²) in [7, 11) is 0. The van der Waals surface area contributed by atoms with E-state index in [1.807, 2.05) is 0 Å². The zero-order valence-corrected chi connectivity index (χ0v) is 10.8. The highest BCUT2D eigenvalue weighted by atomic mass is 19.4. The van der Waals surface area contributed by atoms with Crippen molar-refractivity contribution in [3.05, 3.63) is 12.7 Å². The van der Waals surface area contributed by atoms with Crippen molar-refractivity contribution in [2.45, 2.75) is 31.7 Å². The Morgan fingerprint density at radius 3 is 2.85 bits per heavy atom. The molecule has 1 amide bonds. The molecule has 0 spiro atoms. The van der Waals surface area contributed by atoms with Crippen LogP contribution < -0.4 is 5.32 Å². The Kier molecular flexibility index (Phi) is 4.26. The first-order chi connectivity index (χ1) is 9.39. The molecule has 2 heterocycles. The first-order valence-corrected chi connectivity index (χ1v) is 6.19. The second-order valence-electron chi connectivity index (χ2n) is 4.65. The van der Waals surface area contributed by atoms with Gasteiger partial charge in [-0.2, -0.15) is 18.3 Å². The molecule has 0 bridgehead atoms. The third-order valence-electron chi connectivity index (χ3n) is 3.32. The third kappa shape index (κ3) is 3.27. The van der Waals surface area contributed by atoms with Gasteiger partial charge in [-0.15, -0.1) is 0 Å². The SMILES string of the molecule is CC1OCCC1C(=O)NCC(n1cncn1)C(F)(F)F. The molecule has 6 nitrogen and oxygen atoms in total. The highest BCUT2D eigenvalue weighted by molar-refractivity contribution is 5.79. The lowest BCUT2D eigenvalue weighted by Gasteiger charge is -2.22. The maximum atomic E-state index is 12.9. The molecule has 3 unspecified atom stereocenters. The van der Waals surface area contributed by atoms with Crippen molar-refractivity contribution >= 4 is 5.91 Å². The van der Waals surface area contributed by atoms with Crippen LogP contribution in [0.1, 0.15) is 19.4 Å². The van der Waals surface area contributed by atoms with Gasteiger partial charge in [-0.05, 0) is 13.3 Å². The molecule has 1 fully saturated rings. The molecular formula is C11H15F3N4O2. The summed E-state index contributed by atoms with van der Waals surface area (Å²) in [6, 6.07) is -1.92. The van der Waals surface area contributed by atoms with Crippen LogP contribution in [0.4, 0.5) is 13.2 Å². The standard InChI is InChI=1S/C11H15F3N4O2/c1-7-8(2-3-20-7)10(19)16-4-9(11(12,13)14)18-6-15-5-17-18/h5-9H,2-4H2,1H3,(H,16,19). The second kappa shape index (κ2) is 5.78. The molecule has 9 heteroatoms. The van der Waals surface area contributed by atoms with Crippen LogP contribution >= 0.6 is 0 Å². The van der Waals surface area contributed by atoms with Crippen LogP contribution in [-0.2, 0) is 9.53 Å². The van der Waals surface area contributed by atoms with Crippen LogP contribution in [0.25, 0.3) is 0 Å². The van der Waals surface area contributed by atoms with Crippen LogP contribution in [0.2, 0.25) is 0 Å². The van der Waals surface area contributed by atoms with Crippen molar-refractivity contribution in [1.82, 2.24) is 20.1 Å². The van der Waals surface area contributed by atoms with Crippen LogP contribution in [0, 0.1) is 5.92 Å². The Labute approximate surface area is 113 Å². The van der Waals surface area contributed by atoms with E-state index in [1.165, 1.54) is 0 Å². The summed E-state index contributed by atoms with van der Waals surface area (Å²) in [5, 5.41) is 5.81. The van der Waals surface area contributed by atoms with Gasteiger partial charge >= 0.3 is 6.18 Å². The molecule has 1 aromatic rings. The molecule has 1 saturated heterocycles. The lowest BCUT2D eigenvalue weighted by Crippen LogP contribution is -2.42. The molecular weight excluding hydrogens is 277 g/mol. The van der Waals surface area contributed by atoms with E-state index in [9.17, 15) is 18.0 Å². The average molecular weight is 292 g/mol. The Hall–Kier alpha value is -1.64. The molecule has 0 aromatic carbocycles. The summed E-state index contributed by atoms with van der Waals surface area (Å²) < 4.78 is 44.7. The first kappa shape index (κ1) is 14.8. The molecule has 1 aromatic heterocycles. The highest BCUT2D eigenvalue weighted by Gasteiger charge is 2.42. The normalized spacial score (nSPS) is 24.6. The largest absolute Gasteiger partial charge is 0.412 e. The van der Waals surface area contributed by atoms with E-state index >= 15 is 0 Å². The first-order valence-electron chi connectivity index (χ1n) is 6.19. The molecule has 1 aliphatic heterocycles. The lowest BCUT2D eigenvalue weighted by atomic mass is 10.0. The van der Waals surface area contributed by atoms with Crippen molar-refractivity contribution in [1.29, 1.82) is 0 Å². The number of amides is 1. The zero-order valence-electron chi connectivity index (χ0n) is 10.8. The maximum absolute atomic E-state index is 12.9. The number of carbonyl (C=O) groups excluding carboxylic acids is 1. The number of alkyl halides is 3. The Bertz CT molecular complexity index is 449. The number of nitrogens with zero attached hydrogens (tertiary/aromatic N) is 3. The van der Waals surface area contributed by atoms with E-state index in [-0.39, 0.29) is 6.10 Å². The summed E-state index contributed by atoms with van der Waals surface area (Å²) >= 11 is 0. The molecule has 0 radical (unpaired) electrons. The van der Waals surface area contributed by atoms with E-state index in [0.29, 0.717) is 17.7 Å². The van der Waals surface area contributed by atoms with E-state index < -0.39 is 30.6 Å². The van der Waals surface area contributed by atoms with Gasteiger partial charge in [-0.1, -0.05) is 0 Å². The van der Waals surface area contributed by atoms with Gasteiger partial charge in [-0.25, -0.2) is 9.67 Å². The summed E-state index contributed by atoms with van der Waals surface area (Å²) in [5.41, 5.74) is 0. The zero-order chi connectivity index (χ0) is 14.8. The minimum Gasteiger partial charge on any atom is -0.378 e. The number of aromatic nitrogens is 3. The van der Waals surface area contributed by atoms with Gasteiger partial charge in [0.15, 0.2) is 6.04 Å². The minimum absolute atomic E-state index is 0.272. The number of halogens is 3. The van der Waals surface area contributed by atoms with Gasteiger partial charge in [0.25, 0.3) is 0 Å². The van der Waals surface area contributed by atoms with Gasteiger partial charge in [0.05, 0.1) is 12.0 Å². The van der Waals surface area contributed by atoms with Crippen LogP contribution in [0.5, 0.6) is 0 Å². The summed E-state index contributed by atoms with van der Waals surface area (Å²) in [6.07, 6.45) is -2.27. The number of hydrogen-bond donors (Lipinski definition) is 1. The second-order valence-corrected chi connectivity index (χ2v) is 4.65. The van der Waals surface area contributed by atoms with Crippen molar-refractivity contribution in [3.63, 3.8) is 0 Å². The molecule has 2 rings (SSSR count). The Balaban J connectivity index is 1.97. The van der Waals surface area contributed by atoms with E-state index in [1.54, 1.807) is 6.92 Å². The van der Waals surface area contributed by atoms with Crippen LogP contribution in [0.3, 0.4) is 0 Å². The molecule has 1 aliphatic rings. The molecule has 0 aliphatic carbocycles. The van der Waals surface area contributed by atoms with Crippen molar-refractivity contribution in [2.24, 2.45) is 5.92 Å². The quantitative estimate of drug-likeness (QED) is 0.896. The fraction of sp³-hybridized carbons (Fsp3) is 0.727. The average Bonchev–Trinajstić information content (AvgIpc) is 2.98. The summed E-state index contributed by atoms with van der Waals surface area (Å²) in [5.74, 6) is -0.830. The summed E-state index contributed by atoms with van der Waals surface area (Å²) in [4.78, 5) is 15.3. The van der Waals surface area contributed by atoms with E-state index in [4.69, 9.17) is 4.74 Å². The van der Waals surface area contributed by atoms with Crippen molar-refractivity contribution in [3.8, 4) is 0 Å². The fourth-order valence-electron chi connectivity index (χ4n) is 2.14. The Morgan fingerprint density at radius 2 is 2.35 bits per heavy atom. The predicted octanol–water partition coefficient (Wildman–Crippen LogP) is 0.923. The number of hydrogen-bond acceptors (Lipinski definition) is 4. The van der Waals surface area contributed by atoms with Crippen LogP contribution in [-0.4, -0.2) is 46.1 Å². The van der Waals surface area contributed by atoms with E-state index in [2.05, 4.69) is 15.4 Å². The summed E-state index contributed by atoms with van der Waals surface area (Å²) in [6.45, 7) is 1.61. The van der Waals surface area contributed by atoms with Crippen molar-refractivity contribution in [2.75, 3.05) is 13.2 Å². The third-order valence-corrected chi connectivity index (χ3v) is 3.32. The lowest BCUT2D eigenvalue weighted by molar-refractivity contribution is -0.169. The van der Waals surface area contributed by atoms with Crippen molar-refractivity contribution < 1.29 is 22.7 Å². The Morgan fingerprint density at radius 1 is 1.60 bits per heavy atom. The topological polar surface area (TPSA) is 69.0 Å². The monoisotopic (exact) mass is 292 g/mol. The van der Waals surface area contributed by atoms with E-state index in [0.717, 1.165) is 12.7 Å². The number of ether oxygens (including phenoxy) is 1. The molecule has 1 N–H and O–H groups in total.